The lowest BCUT2D eigenvalue weighted by Crippen LogP contribution is -2.22. The van der Waals surface area contributed by atoms with Crippen LogP contribution in [0.25, 0.3) is 0 Å². The van der Waals surface area contributed by atoms with E-state index in [0.717, 1.165) is 0 Å². The predicted molar refractivity (Wildman–Crippen MR) is 71.8 cm³/mol. The lowest BCUT2D eigenvalue weighted by atomic mass is 10.4. The van der Waals surface area contributed by atoms with Crippen molar-refractivity contribution in [1.29, 1.82) is 0 Å². The summed E-state index contributed by atoms with van der Waals surface area (Å²) in [5.74, 6) is 0.841. The molecule has 2 aromatic heterocycles. The summed E-state index contributed by atoms with van der Waals surface area (Å²) >= 11 is 0. The highest BCUT2D eigenvalue weighted by molar-refractivity contribution is 5.40. The van der Waals surface area contributed by atoms with Crippen molar-refractivity contribution in [2.24, 2.45) is 0 Å². The summed E-state index contributed by atoms with van der Waals surface area (Å²) in [4.78, 5) is 29.6. The minimum Gasteiger partial charge on any atom is -0.367 e. The SMILES string of the molecule is Cc1n[nH]c(=O)nc1NCCNc1nc(=O)[nH]nc1C. The van der Waals surface area contributed by atoms with Gasteiger partial charge in [0, 0.05) is 13.1 Å². The number of aromatic amines is 2. The van der Waals surface area contributed by atoms with E-state index in [4.69, 9.17) is 0 Å². The van der Waals surface area contributed by atoms with E-state index in [9.17, 15) is 9.59 Å². The second-order valence-electron chi connectivity index (χ2n) is 4.00. The first kappa shape index (κ1) is 13.6. The van der Waals surface area contributed by atoms with Gasteiger partial charge in [0.15, 0.2) is 11.6 Å². The average Bonchev–Trinajstić information content (AvgIpc) is 2.42. The Bertz CT molecular complexity index is 645. The van der Waals surface area contributed by atoms with Crippen molar-refractivity contribution in [2.45, 2.75) is 13.8 Å². The van der Waals surface area contributed by atoms with Crippen LogP contribution in [0.15, 0.2) is 9.59 Å². The highest BCUT2D eigenvalue weighted by atomic mass is 16.1. The normalized spacial score (nSPS) is 10.3. The zero-order valence-electron chi connectivity index (χ0n) is 11.0. The van der Waals surface area contributed by atoms with Crippen LogP contribution in [0.5, 0.6) is 0 Å². The quantitative estimate of drug-likeness (QED) is 0.499. The Hall–Kier alpha value is -2.78. The van der Waals surface area contributed by atoms with Gasteiger partial charge in [0.05, 0.1) is 0 Å². The molecule has 0 atom stereocenters. The van der Waals surface area contributed by atoms with Gasteiger partial charge in [-0.25, -0.2) is 19.8 Å². The van der Waals surface area contributed by atoms with Crippen LogP contribution >= 0.6 is 0 Å². The van der Waals surface area contributed by atoms with Crippen LogP contribution in [0, 0.1) is 13.8 Å². The summed E-state index contributed by atoms with van der Waals surface area (Å²) < 4.78 is 0. The van der Waals surface area contributed by atoms with Crippen LogP contribution in [-0.4, -0.2) is 43.5 Å². The summed E-state index contributed by atoms with van der Waals surface area (Å²) in [5.41, 5.74) is 0.165. The lowest BCUT2D eigenvalue weighted by Gasteiger charge is -2.09. The van der Waals surface area contributed by atoms with E-state index in [2.05, 4.69) is 41.0 Å². The number of aryl methyl sites for hydroxylation is 2. The molecule has 10 nitrogen and oxygen atoms in total. The third kappa shape index (κ3) is 3.37. The number of hydrogen-bond donors (Lipinski definition) is 4. The number of rotatable bonds is 5. The van der Waals surface area contributed by atoms with Gasteiger partial charge in [-0.3, -0.25) is 0 Å². The highest BCUT2D eigenvalue weighted by Gasteiger charge is 2.03. The van der Waals surface area contributed by atoms with E-state index in [1.165, 1.54) is 0 Å². The molecule has 10 heteroatoms. The number of nitrogens with one attached hydrogen (secondary N) is 4. The minimum absolute atomic E-state index is 0.421. The summed E-state index contributed by atoms with van der Waals surface area (Å²) in [5, 5.41) is 18.0. The van der Waals surface area contributed by atoms with Crippen LogP contribution in [0.2, 0.25) is 0 Å². The zero-order valence-corrected chi connectivity index (χ0v) is 11.0. The van der Waals surface area contributed by atoms with Gasteiger partial charge in [-0.05, 0) is 13.8 Å². The molecule has 0 radical (unpaired) electrons. The molecule has 4 N–H and O–H groups in total. The molecule has 0 saturated carbocycles. The van der Waals surface area contributed by atoms with Crippen LogP contribution in [-0.2, 0) is 0 Å². The zero-order chi connectivity index (χ0) is 14.5. The van der Waals surface area contributed by atoms with Gasteiger partial charge < -0.3 is 10.6 Å². The maximum atomic E-state index is 11.0. The molecule has 0 aliphatic heterocycles. The molecule has 0 aromatic carbocycles. The fourth-order valence-corrected chi connectivity index (χ4v) is 1.48. The maximum absolute atomic E-state index is 11.0. The van der Waals surface area contributed by atoms with Crippen molar-refractivity contribution in [3.8, 4) is 0 Å². The third-order valence-corrected chi connectivity index (χ3v) is 2.46. The Labute approximate surface area is 113 Å². The molecule has 0 spiro atoms. The molecule has 2 heterocycles. The van der Waals surface area contributed by atoms with Crippen molar-refractivity contribution < 1.29 is 0 Å². The number of nitrogens with zero attached hydrogens (tertiary/aromatic N) is 4. The molecular weight excluding hydrogens is 264 g/mol. The topological polar surface area (TPSA) is 141 Å². The Morgan fingerprint density at radius 1 is 0.850 bits per heavy atom. The molecule has 0 unspecified atom stereocenters. The van der Waals surface area contributed by atoms with Crippen LogP contribution < -0.4 is 22.0 Å². The summed E-state index contributed by atoms with van der Waals surface area (Å²) in [6.45, 7) is 4.41. The second kappa shape index (κ2) is 5.91. The number of H-pyrrole nitrogens is 2. The Balaban J connectivity index is 1.90. The van der Waals surface area contributed by atoms with Crippen molar-refractivity contribution in [3.63, 3.8) is 0 Å². The van der Waals surface area contributed by atoms with Gasteiger partial charge >= 0.3 is 11.4 Å². The van der Waals surface area contributed by atoms with Crippen molar-refractivity contribution in [3.05, 3.63) is 32.4 Å². The molecule has 0 fully saturated rings. The van der Waals surface area contributed by atoms with Crippen LogP contribution in [0.1, 0.15) is 11.4 Å². The molecule has 0 bridgehead atoms. The molecule has 20 heavy (non-hydrogen) atoms. The average molecular weight is 278 g/mol. The van der Waals surface area contributed by atoms with Crippen LogP contribution in [0.4, 0.5) is 11.6 Å². The maximum Gasteiger partial charge on any atom is 0.363 e. The predicted octanol–water partition coefficient (Wildman–Crippen LogP) is -1.22. The van der Waals surface area contributed by atoms with Gasteiger partial charge in [-0.2, -0.15) is 20.2 Å². The van der Waals surface area contributed by atoms with Crippen LogP contribution in [0.3, 0.4) is 0 Å². The molecule has 0 aliphatic rings. The first-order valence-corrected chi connectivity index (χ1v) is 5.90. The molecule has 0 aliphatic carbocycles. The Kier molecular flexibility index (Phi) is 4.03. The highest BCUT2D eigenvalue weighted by Crippen LogP contribution is 2.04. The molecule has 2 rings (SSSR count). The van der Waals surface area contributed by atoms with Gasteiger partial charge in [0.25, 0.3) is 0 Å². The largest absolute Gasteiger partial charge is 0.367 e. The van der Waals surface area contributed by atoms with E-state index >= 15 is 0 Å². The number of hydrogen-bond acceptors (Lipinski definition) is 8. The van der Waals surface area contributed by atoms with E-state index in [-0.39, 0.29) is 0 Å². The summed E-state index contributed by atoms with van der Waals surface area (Å²) in [6.07, 6.45) is 0. The summed E-state index contributed by atoms with van der Waals surface area (Å²) in [6, 6.07) is 0. The fraction of sp³-hybridized carbons (Fsp3) is 0.400. The van der Waals surface area contributed by atoms with Crippen molar-refractivity contribution in [2.75, 3.05) is 23.7 Å². The first-order chi connectivity index (χ1) is 9.56. The third-order valence-electron chi connectivity index (χ3n) is 2.46. The molecule has 0 amide bonds. The molecular formula is C10H14N8O2. The Morgan fingerprint density at radius 3 is 1.65 bits per heavy atom. The Morgan fingerprint density at radius 2 is 1.25 bits per heavy atom. The number of aromatic nitrogens is 6. The number of anilines is 2. The second-order valence-corrected chi connectivity index (χ2v) is 4.00. The van der Waals surface area contributed by atoms with Gasteiger partial charge in [0.1, 0.15) is 11.4 Å². The first-order valence-electron chi connectivity index (χ1n) is 5.90. The van der Waals surface area contributed by atoms with E-state index < -0.39 is 11.4 Å². The monoisotopic (exact) mass is 278 g/mol. The van der Waals surface area contributed by atoms with E-state index in [1.54, 1.807) is 13.8 Å². The van der Waals surface area contributed by atoms with E-state index in [0.29, 0.717) is 36.1 Å². The van der Waals surface area contributed by atoms with Crippen molar-refractivity contribution in [1.82, 2.24) is 30.4 Å². The lowest BCUT2D eigenvalue weighted by molar-refractivity contribution is 0.864. The van der Waals surface area contributed by atoms with Gasteiger partial charge in [-0.1, -0.05) is 0 Å². The molecule has 0 saturated heterocycles. The standard InChI is InChI=1S/C10H14N8O2/c1-5-7(13-9(19)17-15-5)11-3-4-12-8-6(2)16-18-10(20)14-8/h3-4H2,1-2H3,(H2,11,13,17,19)(H2,12,14,18,20). The fourth-order valence-electron chi connectivity index (χ4n) is 1.48. The minimum atomic E-state index is -0.512. The molecule has 2 aromatic rings. The molecule has 106 valence electrons. The van der Waals surface area contributed by atoms with E-state index in [1.807, 2.05) is 0 Å². The van der Waals surface area contributed by atoms with Gasteiger partial charge in [0.2, 0.25) is 0 Å². The van der Waals surface area contributed by atoms with Gasteiger partial charge in [-0.15, -0.1) is 0 Å². The smallest absolute Gasteiger partial charge is 0.363 e. The summed E-state index contributed by atoms with van der Waals surface area (Å²) in [7, 11) is 0. The van der Waals surface area contributed by atoms with Crippen molar-refractivity contribution >= 4 is 11.6 Å².